The standard InChI is InChI=1S/C15H12N4OS/c16-14(20)11-6-4-10(5-7-11)12-9-21-15(18-12)19-13-3-1-2-8-17-13/h1-9H,(H2,16,20)(H,17,18,19). The lowest BCUT2D eigenvalue weighted by Crippen LogP contribution is -2.10. The van der Waals surface area contributed by atoms with Crippen LogP contribution in [0.3, 0.4) is 0 Å². The average molecular weight is 296 g/mol. The summed E-state index contributed by atoms with van der Waals surface area (Å²) in [6, 6.07) is 12.7. The van der Waals surface area contributed by atoms with E-state index < -0.39 is 5.91 Å². The molecule has 104 valence electrons. The third-order valence-electron chi connectivity index (χ3n) is 2.87. The number of benzene rings is 1. The van der Waals surface area contributed by atoms with Gasteiger partial charge in [-0.1, -0.05) is 18.2 Å². The Morgan fingerprint density at radius 1 is 1.14 bits per heavy atom. The topological polar surface area (TPSA) is 80.9 Å². The van der Waals surface area contributed by atoms with Crippen molar-refractivity contribution < 1.29 is 4.79 Å². The minimum absolute atomic E-state index is 0.433. The van der Waals surface area contributed by atoms with Gasteiger partial charge in [0.05, 0.1) is 5.69 Å². The van der Waals surface area contributed by atoms with Crippen molar-refractivity contribution in [3.05, 3.63) is 59.6 Å². The summed E-state index contributed by atoms with van der Waals surface area (Å²) in [4.78, 5) is 19.7. The molecule has 1 aromatic carbocycles. The van der Waals surface area contributed by atoms with Gasteiger partial charge in [-0.25, -0.2) is 9.97 Å². The largest absolute Gasteiger partial charge is 0.366 e. The van der Waals surface area contributed by atoms with Crippen molar-refractivity contribution >= 4 is 28.2 Å². The maximum atomic E-state index is 11.0. The van der Waals surface area contributed by atoms with Crippen LogP contribution in [0.2, 0.25) is 0 Å². The van der Waals surface area contributed by atoms with Crippen LogP contribution in [0, 0.1) is 0 Å². The summed E-state index contributed by atoms with van der Waals surface area (Å²) in [5, 5.41) is 5.86. The van der Waals surface area contributed by atoms with E-state index in [0.717, 1.165) is 22.2 Å². The molecule has 0 aliphatic rings. The normalized spacial score (nSPS) is 10.3. The lowest BCUT2D eigenvalue weighted by atomic mass is 10.1. The minimum Gasteiger partial charge on any atom is -0.366 e. The highest BCUT2D eigenvalue weighted by Gasteiger charge is 2.06. The van der Waals surface area contributed by atoms with E-state index in [2.05, 4.69) is 15.3 Å². The quantitative estimate of drug-likeness (QED) is 0.775. The highest BCUT2D eigenvalue weighted by Crippen LogP contribution is 2.26. The van der Waals surface area contributed by atoms with Gasteiger partial charge < -0.3 is 11.1 Å². The second-order valence-corrected chi connectivity index (χ2v) is 5.18. The predicted molar refractivity (Wildman–Crippen MR) is 83.6 cm³/mol. The van der Waals surface area contributed by atoms with Gasteiger partial charge in [0, 0.05) is 22.7 Å². The summed E-state index contributed by atoms with van der Waals surface area (Å²) in [5.41, 5.74) is 7.49. The van der Waals surface area contributed by atoms with E-state index in [-0.39, 0.29) is 0 Å². The molecule has 0 aliphatic carbocycles. The summed E-state index contributed by atoms with van der Waals surface area (Å²) >= 11 is 1.50. The number of amides is 1. The molecule has 0 saturated carbocycles. The fourth-order valence-corrected chi connectivity index (χ4v) is 2.54. The first kappa shape index (κ1) is 13.3. The maximum Gasteiger partial charge on any atom is 0.248 e. The number of anilines is 2. The molecule has 0 radical (unpaired) electrons. The van der Waals surface area contributed by atoms with Crippen molar-refractivity contribution in [1.82, 2.24) is 9.97 Å². The number of pyridine rings is 1. The first-order valence-corrected chi connectivity index (χ1v) is 7.14. The SMILES string of the molecule is NC(=O)c1ccc(-c2csc(Nc3ccccn3)n2)cc1. The molecule has 21 heavy (non-hydrogen) atoms. The molecule has 6 heteroatoms. The number of hydrogen-bond donors (Lipinski definition) is 2. The molecule has 0 fully saturated rings. The first-order valence-electron chi connectivity index (χ1n) is 6.26. The Labute approximate surface area is 125 Å². The number of nitrogens with zero attached hydrogens (tertiary/aromatic N) is 2. The molecule has 5 nitrogen and oxygen atoms in total. The monoisotopic (exact) mass is 296 g/mol. The molecular weight excluding hydrogens is 284 g/mol. The van der Waals surface area contributed by atoms with Crippen LogP contribution < -0.4 is 11.1 Å². The van der Waals surface area contributed by atoms with Crippen LogP contribution in [0.1, 0.15) is 10.4 Å². The molecule has 3 rings (SSSR count). The van der Waals surface area contributed by atoms with Gasteiger partial charge >= 0.3 is 0 Å². The number of nitrogens with one attached hydrogen (secondary N) is 1. The predicted octanol–water partition coefficient (Wildman–Crippen LogP) is 3.05. The molecular formula is C15H12N4OS. The Bertz CT molecular complexity index is 753. The van der Waals surface area contributed by atoms with E-state index in [0.29, 0.717) is 5.56 Å². The van der Waals surface area contributed by atoms with Crippen molar-refractivity contribution in [2.75, 3.05) is 5.32 Å². The zero-order chi connectivity index (χ0) is 14.7. The van der Waals surface area contributed by atoms with Crippen LogP contribution in [0.25, 0.3) is 11.3 Å². The molecule has 3 N–H and O–H groups in total. The summed E-state index contributed by atoms with van der Waals surface area (Å²) in [7, 11) is 0. The van der Waals surface area contributed by atoms with Crippen LogP contribution in [0.4, 0.5) is 10.9 Å². The van der Waals surface area contributed by atoms with Crippen molar-refractivity contribution in [3.63, 3.8) is 0 Å². The van der Waals surface area contributed by atoms with Gasteiger partial charge in [-0.2, -0.15) is 0 Å². The molecule has 0 unspecified atom stereocenters. The zero-order valence-corrected chi connectivity index (χ0v) is 11.8. The second-order valence-electron chi connectivity index (χ2n) is 4.32. The number of hydrogen-bond acceptors (Lipinski definition) is 5. The molecule has 2 aromatic heterocycles. The molecule has 1 amide bonds. The molecule has 0 bridgehead atoms. The number of carbonyl (C=O) groups is 1. The Balaban J connectivity index is 1.80. The van der Waals surface area contributed by atoms with Crippen molar-refractivity contribution in [3.8, 4) is 11.3 Å². The van der Waals surface area contributed by atoms with Crippen LogP contribution in [0.15, 0.2) is 54.0 Å². The fourth-order valence-electron chi connectivity index (χ4n) is 1.82. The first-order chi connectivity index (χ1) is 10.2. The summed E-state index contributed by atoms with van der Waals surface area (Å²) in [6.45, 7) is 0. The van der Waals surface area contributed by atoms with Crippen LogP contribution in [-0.4, -0.2) is 15.9 Å². The molecule has 0 atom stereocenters. The Kier molecular flexibility index (Phi) is 3.61. The van der Waals surface area contributed by atoms with Gasteiger partial charge in [-0.05, 0) is 24.3 Å². The van der Waals surface area contributed by atoms with E-state index in [1.807, 2.05) is 35.7 Å². The van der Waals surface area contributed by atoms with Gasteiger partial charge in [0.1, 0.15) is 5.82 Å². The van der Waals surface area contributed by atoms with Crippen molar-refractivity contribution in [1.29, 1.82) is 0 Å². The van der Waals surface area contributed by atoms with Crippen LogP contribution >= 0.6 is 11.3 Å². The minimum atomic E-state index is -0.433. The summed E-state index contributed by atoms with van der Waals surface area (Å²) in [6.07, 6.45) is 1.72. The van der Waals surface area contributed by atoms with Gasteiger partial charge in [0.15, 0.2) is 5.13 Å². The lowest BCUT2D eigenvalue weighted by molar-refractivity contribution is 0.100. The Hall–Kier alpha value is -2.73. The van der Waals surface area contributed by atoms with Gasteiger partial charge in [-0.3, -0.25) is 4.79 Å². The number of thiazole rings is 1. The molecule has 2 heterocycles. The highest BCUT2D eigenvalue weighted by atomic mass is 32.1. The van der Waals surface area contributed by atoms with E-state index in [4.69, 9.17) is 5.73 Å². The van der Waals surface area contributed by atoms with Crippen LogP contribution in [-0.2, 0) is 0 Å². The Morgan fingerprint density at radius 3 is 2.62 bits per heavy atom. The smallest absolute Gasteiger partial charge is 0.248 e. The van der Waals surface area contributed by atoms with E-state index in [1.54, 1.807) is 18.3 Å². The number of nitrogens with two attached hydrogens (primary N) is 1. The Morgan fingerprint density at radius 2 is 1.95 bits per heavy atom. The summed E-state index contributed by atoms with van der Waals surface area (Å²) in [5.74, 6) is 0.319. The summed E-state index contributed by atoms with van der Waals surface area (Å²) < 4.78 is 0. The number of primary amides is 1. The van der Waals surface area contributed by atoms with Gasteiger partial charge in [-0.15, -0.1) is 11.3 Å². The zero-order valence-electron chi connectivity index (χ0n) is 11.0. The van der Waals surface area contributed by atoms with Gasteiger partial charge in [0.2, 0.25) is 5.91 Å². The van der Waals surface area contributed by atoms with E-state index in [1.165, 1.54) is 11.3 Å². The van der Waals surface area contributed by atoms with Gasteiger partial charge in [0.25, 0.3) is 0 Å². The molecule has 0 aliphatic heterocycles. The van der Waals surface area contributed by atoms with Crippen molar-refractivity contribution in [2.45, 2.75) is 0 Å². The third-order valence-corrected chi connectivity index (χ3v) is 3.63. The average Bonchev–Trinajstić information content (AvgIpc) is 2.97. The number of carbonyl (C=O) groups excluding carboxylic acids is 1. The maximum absolute atomic E-state index is 11.0. The molecule has 0 saturated heterocycles. The van der Waals surface area contributed by atoms with E-state index in [9.17, 15) is 4.79 Å². The lowest BCUT2D eigenvalue weighted by Gasteiger charge is -2.00. The molecule has 3 aromatic rings. The van der Waals surface area contributed by atoms with E-state index >= 15 is 0 Å². The number of rotatable bonds is 4. The third kappa shape index (κ3) is 3.06. The second kappa shape index (κ2) is 5.72. The number of aromatic nitrogens is 2. The molecule has 0 spiro atoms. The van der Waals surface area contributed by atoms with Crippen LogP contribution in [0.5, 0.6) is 0 Å². The highest BCUT2D eigenvalue weighted by molar-refractivity contribution is 7.14. The van der Waals surface area contributed by atoms with Crippen molar-refractivity contribution in [2.24, 2.45) is 5.73 Å². The fraction of sp³-hybridized carbons (Fsp3) is 0.